The highest BCUT2D eigenvalue weighted by molar-refractivity contribution is 14.1. The zero-order chi connectivity index (χ0) is 14.5. The highest BCUT2D eigenvalue weighted by Crippen LogP contribution is 2.15. The van der Waals surface area contributed by atoms with Crippen LogP contribution in [0.15, 0.2) is 48.5 Å². The maximum atomic E-state index is 11.1. The molecule has 2 aromatic carbocycles. The van der Waals surface area contributed by atoms with Crippen LogP contribution in [0, 0.1) is 3.57 Å². The number of amides is 1. The first kappa shape index (κ1) is 15.0. The van der Waals surface area contributed by atoms with E-state index in [1.165, 1.54) is 9.13 Å². The Balaban J connectivity index is 1.99. The summed E-state index contributed by atoms with van der Waals surface area (Å²) in [6.07, 6.45) is 0. The lowest BCUT2D eigenvalue weighted by Crippen LogP contribution is -2.18. The van der Waals surface area contributed by atoms with E-state index in [0.29, 0.717) is 12.1 Å². The molecule has 0 aliphatic heterocycles. The van der Waals surface area contributed by atoms with Gasteiger partial charge in [0, 0.05) is 21.7 Å². The van der Waals surface area contributed by atoms with E-state index in [0.717, 1.165) is 5.56 Å². The van der Waals surface area contributed by atoms with Gasteiger partial charge in [-0.15, -0.1) is 0 Å². The third-order valence-electron chi connectivity index (χ3n) is 3.19. The van der Waals surface area contributed by atoms with Crippen LogP contribution in [0.3, 0.4) is 0 Å². The minimum Gasteiger partial charge on any atom is -0.366 e. The molecule has 20 heavy (non-hydrogen) atoms. The SMILES string of the molecule is CC(NCc1cccc(C(N)=O)c1)c1ccc(I)cc1. The van der Waals surface area contributed by atoms with Gasteiger partial charge in [0.2, 0.25) is 5.91 Å². The average molecular weight is 380 g/mol. The molecule has 0 aliphatic carbocycles. The number of carbonyl (C=O) groups excluding carboxylic acids is 1. The van der Waals surface area contributed by atoms with Crippen LogP contribution in [-0.2, 0) is 6.54 Å². The second-order valence-electron chi connectivity index (χ2n) is 4.72. The van der Waals surface area contributed by atoms with Crippen LogP contribution < -0.4 is 11.1 Å². The second kappa shape index (κ2) is 6.85. The van der Waals surface area contributed by atoms with Gasteiger partial charge in [-0.1, -0.05) is 24.3 Å². The smallest absolute Gasteiger partial charge is 0.248 e. The molecule has 2 rings (SSSR count). The number of nitrogens with one attached hydrogen (secondary N) is 1. The quantitative estimate of drug-likeness (QED) is 0.783. The molecule has 0 saturated carbocycles. The molecular weight excluding hydrogens is 363 g/mol. The maximum absolute atomic E-state index is 11.1. The van der Waals surface area contributed by atoms with Gasteiger partial charge in [-0.2, -0.15) is 0 Å². The van der Waals surface area contributed by atoms with Gasteiger partial charge < -0.3 is 11.1 Å². The number of nitrogens with two attached hydrogens (primary N) is 1. The molecule has 0 radical (unpaired) electrons. The summed E-state index contributed by atoms with van der Waals surface area (Å²) in [5, 5.41) is 3.45. The Morgan fingerprint density at radius 3 is 2.60 bits per heavy atom. The molecule has 0 aromatic heterocycles. The van der Waals surface area contributed by atoms with Crippen molar-refractivity contribution in [2.75, 3.05) is 0 Å². The zero-order valence-electron chi connectivity index (χ0n) is 11.3. The van der Waals surface area contributed by atoms with E-state index >= 15 is 0 Å². The van der Waals surface area contributed by atoms with Gasteiger partial charge >= 0.3 is 0 Å². The first-order chi connectivity index (χ1) is 9.56. The van der Waals surface area contributed by atoms with E-state index in [1.807, 2.05) is 18.2 Å². The van der Waals surface area contributed by atoms with Crippen molar-refractivity contribution < 1.29 is 4.79 Å². The summed E-state index contributed by atoms with van der Waals surface area (Å²) in [5.74, 6) is -0.391. The lowest BCUT2D eigenvalue weighted by molar-refractivity contribution is 0.1000. The van der Waals surface area contributed by atoms with Crippen LogP contribution in [-0.4, -0.2) is 5.91 Å². The Kier molecular flexibility index (Phi) is 5.14. The first-order valence-electron chi connectivity index (χ1n) is 6.44. The fourth-order valence-electron chi connectivity index (χ4n) is 1.97. The molecule has 104 valence electrons. The van der Waals surface area contributed by atoms with E-state index in [1.54, 1.807) is 6.07 Å². The topological polar surface area (TPSA) is 55.1 Å². The monoisotopic (exact) mass is 380 g/mol. The zero-order valence-corrected chi connectivity index (χ0v) is 13.4. The number of primary amides is 1. The maximum Gasteiger partial charge on any atom is 0.248 e. The number of benzene rings is 2. The van der Waals surface area contributed by atoms with Crippen LogP contribution in [0.5, 0.6) is 0 Å². The molecule has 3 N–H and O–H groups in total. The van der Waals surface area contributed by atoms with Gasteiger partial charge in [-0.3, -0.25) is 4.79 Å². The molecule has 3 nitrogen and oxygen atoms in total. The highest BCUT2D eigenvalue weighted by Gasteiger charge is 2.06. The fourth-order valence-corrected chi connectivity index (χ4v) is 2.33. The van der Waals surface area contributed by atoms with Crippen LogP contribution in [0.2, 0.25) is 0 Å². The Bertz CT molecular complexity index is 596. The summed E-state index contributed by atoms with van der Waals surface area (Å²) >= 11 is 2.30. The summed E-state index contributed by atoms with van der Waals surface area (Å²) in [7, 11) is 0. The summed E-state index contributed by atoms with van der Waals surface area (Å²) in [6.45, 7) is 2.83. The van der Waals surface area contributed by atoms with Crippen molar-refractivity contribution in [3.63, 3.8) is 0 Å². The number of halogens is 1. The third-order valence-corrected chi connectivity index (χ3v) is 3.91. The van der Waals surface area contributed by atoms with Gasteiger partial charge in [0.15, 0.2) is 0 Å². The molecule has 0 fully saturated rings. The van der Waals surface area contributed by atoms with E-state index < -0.39 is 5.91 Å². The molecule has 0 heterocycles. The van der Waals surface area contributed by atoms with Crippen LogP contribution in [0.25, 0.3) is 0 Å². The number of carbonyl (C=O) groups is 1. The van der Waals surface area contributed by atoms with Crippen molar-refractivity contribution in [2.45, 2.75) is 19.5 Å². The predicted molar refractivity (Wildman–Crippen MR) is 89.4 cm³/mol. The number of hydrogen-bond acceptors (Lipinski definition) is 2. The summed E-state index contributed by atoms with van der Waals surface area (Å²) in [6, 6.07) is 16.1. The van der Waals surface area contributed by atoms with Gasteiger partial charge in [-0.05, 0) is 64.9 Å². The number of rotatable bonds is 5. The van der Waals surface area contributed by atoms with Crippen molar-refractivity contribution in [3.05, 3.63) is 68.8 Å². The van der Waals surface area contributed by atoms with Crippen molar-refractivity contribution in [1.29, 1.82) is 0 Å². The lowest BCUT2D eigenvalue weighted by atomic mass is 10.1. The van der Waals surface area contributed by atoms with Gasteiger partial charge in [-0.25, -0.2) is 0 Å². The Hall–Kier alpha value is -1.40. The highest BCUT2D eigenvalue weighted by atomic mass is 127. The average Bonchev–Trinajstić information content (AvgIpc) is 2.46. The van der Waals surface area contributed by atoms with Crippen molar-refractivity contribution in [2.24, 2.45) is 5.73 Å². The predicted octanol–water partition coefficient (Wildman–Crippen LogP) is 3.24. The molecular formula is C16H17IN2O. The number of hydrogen-bond donors (Lipinski definition) is 2. The van der Waals surface area contributed by atoms with Crippen molar-refractivity contribution in [1.82, 2.24) is 5.32 Å². The molecule has 1 atom stereocenters. The van der Waals surface area contributed by atoms with Crippen LogP contribution in [0.1, 0.15) is 34.5 Å². The van der Waals surface area contributed by atoms with Gasteiger partial charge in [0.05, 0.1) is 0 Å². The van der Waals surface area contributed by atoms with E-state index in [-0.39, 0.29) is 6.04 Å². The normalized spacial score (nSPS) is 12.1. The van der Waals surface area contributed by atoms with Gasteiger partial charge in [0.25, 0.3) is 0 Å². The summed E-state index contributed by atoms with van der Waals surface area (Å²) in [5.41, 5.74) is 8.13. The van der Waals surface area contributed by atoms with Gasteiger partial charge in [0.1, 0.15) is 0 Å². The molecule has 0 aliphatic rings. The molecule has 0 spiro atoms. The van der Waals surface area contributed by atoms with Crippen molar-refractivity contribution >= 4 is 28.5 Å². The first-order valence-corrected chi connectivity index (χ1v) is 7.52. The molecule has 4 heteroatoms. The standard InChI is InChI=1S/C16H17IN2O/c1-11(13-5-7-15(17)8-6-13)19-10-12-3-2-4-14(9-12)16(18)20/h2-9,11,19H,10H2,1H3,(H2,18,20). The summed E-state index contributed by atoms with van der Waals surface area (Å²) < 4.78 is 1.23. The Morgan fingerprint density at radius 2 is 1.95 bits per heavy atom. The third kappa shape index (κ3) is 4.05. The van der Waals surface area contributed by atoms with Crippen LogP contribution in [0.4, 0.5) is 0 Å². The van der Waals surface area contributed by atoms with E-state index in [9.17, 15) is 4.79 Å². The molecule has 2 aromatic rings. The van der Waals surface area contributed by atoms with Crippen LogP contribution >= 0.6 is 22.6 Å². The Morgan fingerprint density at radius 1 is 1.25 bits per heavy atom. The second-order valence-corrected chi connectivity index (χ2v) is 5.96. The molecule has 1 amide bonds. The lowest BCUT2D eigenvalue weighted by Gasteiger charge is -2.14. The minimum atomic E-state index is -0.391. The summed E-state index contributed by atoms with van der Waals surface area (Å²) in [4.78, 5) is 11.1. The Labute approximate surface area is 132 Å². The largest absolute Gasteiger partial charge is 0.366 e. The molecule has 0 bridgehead atoms. The molecule has 0 saturated heterocycles. The fraction of sp³-hybridized carbons (Fsp3) is 0.188. The van der Waals surface area contributed by atoms with E-state index in [4.69, 9.17) is 5.73 Å². The van der Waals surface area contributed by atoms with Crippen molar-refractivity contribution in [3.8, 4) is 0 Å². The van der Waals surface area contributed by atoms with E-state index in [2.05, 4.69) is 59.1 Å². The minimum absolute atomic E-state index is 0.254. The molecule has 1 unspecified atom stereocenters.